The average Bonchev–Trinajstić information content (AvgIpc) is 3.16. The smallest absolute Gasteiger partial charge is 0.251 e. The molecule has 3 aromatic rings. The molecule has 1 unspecified atom stereocenters. The summed E-state index contributed by atoms with van der Waals surface area (Å²) in [5.41, 5.74) is 0.697. The monoisotopic (exact) mass is 391 g/mol. The van der Waals surface area contributed by atoms with E-state index in [1.54, 1.807) is 30.3 Å². The number of aliphatic hydroxyl groups excluding tert-OH is 1. The number of hydrogen-bond acceptors (Lipinski definition) is 6. The summed E-state index contributed by atoms with van der Waals surface area (Å²) in [4.78, 5) is 12.3. The number of halogens is 2. The Hall–Kier alpha value is -2.97. The van der Waals surface area contributed by atoms with E-state index in [4.69, 9.17) is 20.8 Å². The van der Waals surface area contributed by atoms with Crippen LogP contribution in [0, 0.1) is 5.82 Å². The molecule has 0 radical (unpaired) electrons. The van der Waals surface area contributed by atoms with Crippen molar-refractivity contribution in [1.82, 2.24) is 15.5 Å². The van der Waals surface area contributed by atoms with Gasteiger partial charge in [0.1, 0.15) is 6.04 Å². The number of carbonyl (C=O) groups excluding carboxylic acids is 1. The molecule has 0 aliphatic rings. The van der Waals surface area contributed by atoms with Gasteiger partial charge in [0.05, 0.1) is 13.7 Å². The number of rotatable bonds is 6. The molecule has 0 bridgehead atoms. The summed E-state index contributed by atoms with van der Waals surface area (Å²) in [6.07, 6.45) is 0. The van der Waals surface area contributed by atoms with Gasteiger partial charge in [-0.15, -0.1) is 10.2 Å². The second kappa shape index (κ2) is 8.15. The second-order valence-electron chi connectivity index (χ2n) is 5.51. The first-order valence-electron chi connectivity index (χ1n) is 7.86. The van der Waals surface area contributed by atoms with Crippen LogP contribution in [-0.4, -0.2) is 34.9 Å². The summed E-state index contributed by atoms with van der Waals surface area (Å²) in [5, 5.41) is 20.3. The molecule has 9 heteroatoms. The molecule has 2 N–H and O–H groups in total. The third kappa shape index (κ3) is 4.24. The molecule has 2 aromatic carbocycles. The van der Waals surface area contributed by atoms with E-state index in [-0.39, 0.29) is 17.5 Å². The number of aromatic nitrogens is 2. The highest BCUT2D eigenvalue weighted by molar-refractivity contribution is 6.30. The number of hydrogen-bond donors (Lipinski definition) is 2. The number of nitrogens with one attached hydrogen (secondary N) is 1. The maximum absolute atomic E-state index is 13.8. The SMILES string of the molecule is COc1ccc(-c2nnc(C(CO)NC(=O)c3ccc(Cl)cc3)o2)cc1F. The summed E-state index contributed by atoms with van der Waals surface area (Å²) >= 11 is 5.80. The molecule has 1 heterocycles. The normalized spacial score (nSPS) is 11.9. The van der Waals surface area contributed by atoms with E-state index in [0.29, 0.717) is 16.1 Å². The van der Waals surface area contributed by atoms with Gasteiger partial charge in [0.25, 0.3) is 5.91 Å². The van der Waals surface area contributed by atoms with E-state index in [1.807, 2.05) is 0 Å². The summed E-state index contributed by atoms with van der Waals surface area (Å²) in [5.74, 6) is -0.899. The largest absolute Gasteiger partial charge is 0.494 e. The lowest BCUT2D eigenvalue weighted by Gasteiger charge is -2.12. The Kier molecular flexibility index (Phi) is 5.68. The highest BCUT2D eigenvalue weighted by Gasteiger charge is 2.22. The van der Waals surface area contributed by atoms with E-state index >= 15 is 0 Å². The number of benzene rings is 2. The zero-order valence-corrected chi connectivity index (χ0v) is 14.9. The van der Waals surface area contributed by atoms with Crippen LogP contribution in [0.4, 0.5) is 4.39 Å². The minimum absolute atomic E-state index is 0.00830. The van der Waals surface area contributed by atoms with Gasteiger partial charge in [-0.1, -0.05) is 11.6 Å². The summed E-state index contributed by atoms with van der Waals surface area (Å²) in [6.45, 7) is -0.460. The molecular weight excluding hydrogens is 377 g/mol. The predicted molar refractivity (Wildman–Crippen MR) is 95.0 cm³/mol. The molecule has 7 nitrogen and oxygen atoms in total. The van der Waals surface area contributed by atoms with Crippen LogP contribution in [0.2, 0.25) is 5.02 Å². The minimum Gasteiger partial charge on any atom is -0.494 e. The molecule has 0 aliphatic heterocycles. The number of methoxy groups -OCH3 is 1. The van der Waals surface area contributed by atoms with Crippen molar-refractivity contribution in [2.24, 2.45) is 0 Å². The Morgan fingerprint density at radius 1 is 1.30 bits per heavy atom. The Morgan fingerprint density at radius 2 is 2.04 bits per heavy atom. The van der Waals surface area contributed by atoms with Crippen LogP contribution in [0.3, 0.4) is 0 Å². The zero-order chi connectivity index (χ0) is 19.4. The van der Waals surface area contributed by atoms with Gasteiger partial charge < -0.3 is 19.6 Å². The van der Waals surface area contributed by atoms with Crippen LogP contribution in [0.25, 0.3) is 11.5 Å². The molecule has 140 valence electrons. The van der Waals surface area contributed by atoms with Crippen LogP contribution >= 0.6 is 11.6 Å². The van der Waals surface area contributed by atoms with Gasteiger partial charge in [-0.3, -0.25) is 4.79 Å². The molecule has 0 saturated heterocycles. The van der Waals surface area contributed by atoms with E-state index in [1.165, 1.54) is 19.2 Å². The number of amides is 1. The van der Waals surface area contributed by atoms with Crippen molar-refractivity contribution < 1.29 is 23.4 Å². The van der Waals surface area contributed by atoms with Gasteiger partial charge in [-0.05, 0) is 42.5 Å². The molecule has 1 amide bonds. The highest BCUT2D eigenvalue weighted by Crippen LogP contribution is 2.26. The van der Waals surface area contributed by atoms with Crippen molar-refractivity contribution in [3.63, 3.8) is 0 Å². The first kappa shape index (κ1) is 18.8. The Balaban J connectivity index is 1.78. The lowest BCUT2D eigenvalue weighted by atomic mass is 10.2. The van der Waals surface area contributed by atoms with Crippen molar-refractivity contribution in [2.75, 3.05) is 13.7 Å². The number of aliphatic hydroxyl groups is 1. The fourth-order valence-corrected chi connectivity index (χ4v) is 2.45. The van der Waals surface area contributed by atoms with Crippen molar-refractivity contribution in [3.8, 4) is 17.2 Å². The lowest BCUT2D eigenvalue weighted by Crippen LogP contribution is -2.31. The zero-order valence-electron chi connectivity index (χ0n) is 14.1. The molecule has 0 aliphatic carbocycles. The third-order valence-corrected chi connectivity index (χ3v) is 3.98. The van der Waals surface area contributed by atoms with Crippen LogP contribution in [-0.2, 0) is 0 Å². The maximum atomic E-state index is 13.8. The number of nitrogens with zero attached hydrogens (tertiary/aromatic N) is 2. The van der Waals surface area contributed by atoms with E-state index in [2.05, 4.69) is 15.5 Å². The quantitative estimate of drug-likeness (QED) is 0.670. The average molecular weight is 392 g/mol. The molecule has 1 aromatic heterocycles. The minimum atomic E-state index is -0.919. The molecule has 0 fully saturated rings. The molecule has 27 heavy (non-hydrogen) atoms. The Bertz CT molecular complexity index is 946. The third-order valence-electron chi connectivity index (χ3n) is 3.73. The van der Waals surface area contributed by atoms with Crippen molar-refractivity contribution in [3.05, 3.63) is 64.8 Å². The van der Waals surface area contributed by atoms with Crippen LogP contribution in [0.15, 0.2) is 46.9 Å². The van der Waals surface area contributed by atoms with Crippen LogP contribution in [0.1, 0.15) is 22.3 Å². The Labute approximate surface area is 158 Å². The maximum Gasteiger partial charge on any atom is 0.251 e. The fourth-order valence-electron chi connectivity index (χ4n) is 2.32. The lowest BCUT2D eigenvalue weighted by molar-refractivity contribution is 0.0905. The molecular formula is C18H15ClFN3O4. The highest BCUT2D eigenvalue weighted by atomic mass is 35.5. The van der Waals surface area contributed by atoms with Gasteiger partial charge in [-0.2, -0.15) is 0 Å². The standard InChI is InChI=1S/C18H15ClFN3O4/c1-26-15-7-4-11(8-13(15)20)17-22-23-18(27-17)14(9-24)21-16(25)10-2-5-12(19)6-3-10/h2-8,14,24H,9H2,1H3,(H,21,25). The van der Waals surface area contributed by atoms with Gasteiger partial charge in [-0.25, -0.2) is 4.39 Å². The first-order chi connectivity index (χ1) is 13.0. The van der Waals surface area contributed by atoms with Crippen LogP contribution < -0.4 is 10.1 Å². The predicted octanol–water partition coefficient (Wildman–Crippen LogP) is 3.00. The van der Waals surface area contributed by atoms with Crippen molar-refractivity contribution in [2.45, 2.75) is 6.04 Å². The van der Waals surface area contributed by atoms with Gasteiger partial charge in [0.2, 0.25) is 11.8 Å². The summed E-state index contributed by atoms with van der Waals surface area (Å²) in [6, 6.07) is 9.51. The number of ether oxygens (including phenoxy) is 1. The summed E-state index contributed by atoms with van der Waals surface area (Å²) in [7, 11) is 1.36. The topological polar surface area (TPSA) is 97.5 Å². The first-order valence-corrected chi connectivity index (χ1v) is 8.24. The van der Waals surface area contributed by atoms with Gasteiger partial charge >= 0.3 is 0 Å². The second-order valence-corrected chi connectivity index (χ2v) is 5.95. The van der Waals surface area contributed by atoms with Gasteiger partial charge in [0.15, 0.2) is 11.6 Å². The molecule has 0 spiro atoms. The molecule has 3 rings (SSSR count). The fraction of sp³-hybridized carbons (Fsp3) is 0.167. The molecule has 0 saturated carbocycles. The van der Waals surface area contributed by atoms with Crippen molar-refractivity contribution in [1.29, 1.82) is 0 Å². The Morgan fingerprint density at radius 3 is 2.67 bits per heavy atom. The van der Waals surface area contributed by atoms with E-state index in [0.717, 1.165) is 0 Å². The van der Waals surface area contributed by atoms with Crippen molar-refractivity contribution >= 4 is 17.5 Å². The van der Waals surface area contributed by atoms with Crippen LogP contribution in [0.5, 0.6) is 5.75 Å². The molecule has 1 atom stereocenters. The van der Waals surface area contributed by atoms with E-state index in [9.17, 15) is 14.3 Å². The number of carbonyl (C=O) groups is 1. The summed E-state index contributed by atoms with van der Waals surface area (Å²) < 4.78 is 24.2. The van der Waals surface area contributed by atoms with E-state index < -0.39 is 24.4 Å². The van der Waals surface area contributed by atoms with Gasteiger partial charge in [0, 0.05) is 16.1 Å².